The molecule has 1 N–H and O–H groups in total. The smallest absolute Gasteiger partial charge is 0.162 e. The second-order valence-electron chi connectivity index (χ2n) is 3.55. The minimum Gasteiger partial charge on any atom is -0.388 e. The van der Waals surface area contributed by atoms with E-state index in [0.717, 1.165) is 25.9 Å². The summed E-state index contributed by atoms with van der Waals surface area (Å²) in [6.07, 6.45) is 3.07. The maximum atomic E-state index is 8.77. The van der Waals surface area contributed by atoms with Crippen LogP contribution in [0, 0.1) is 0 Å². The first-order chi connectivity index (χ1) is 7.38. The first-order valence-electron chi connectivity index (χ1n) is 5.17. The van der Waals surface area contributed by atoms with Crippen LogP contribution in [0.15, 0.2) is 10.6 Å². The fourth-order valence-corrected chi connectivity index (χ4v) is 1.52. The molecule has 1 aliphatic rings. The first-order valence-corrected chi connectivity index (χ1v) is 5.17. The quantitative estimate of drug-likeness (QED) is 0.814. The number of nitrogens with zero attached hydrogens (tertiary/aromatic N) is 1. The zero-order valence-corrected chi connectivity index (χ0v) is 8.52. The third-order valence-electron chi connectivity index (χ3n) is 2.32. The second-order valence-corrected chi connectivity index (χ2v) is 3.55. The van der Waals surface area contributed by atoms with Gasteiger partial charge in [0.2, 0.25) is 0 Å². The highest BCUT2D eigenvalue weighted by atomic mass is 16.7. The van der Waals surface area contributed by atoms with Gasteiger partial charge in [-0.1, -0.05) is 5.16 Å². The van der Waals surface area contributed by atoms with Crippen molar-refractivity contribution in [3.63, 3.8) is 0 Å². The monoisotopic (exact) mass is 213 g/mol. The molecule has 84 valence electrons. The molecule has 0 bridgehead atoms. The van der Waals surface area contributed by atoms with Crippen LogP contribution in [0.4, 0.5) is 0 Å². The number of hydrogen-bond donors (Lipinski definition) is 1. The molecular formula is C10H15NO4. The van der Waals surface area contributed by atoms with Crippen LogP contribution in [-0.2, 0) is 22.7 Å². The average Bonchev–Trinajstić information content (AvgIpc) is 2.76. The SMILES string of the molecule is OCc1cc(COC2CCCCO2)no1. The molecule has 0 aliphatic carbocycles. The van der Waals surface area contributed by atoms with E-state index >= 15 is 0 Å². The van der Waals surface area contributed by atoms with Crippen LogP contribution in [0.25, 0.3) is 0 Å². The predicted octanol–water partition coefficient (Wildman–Crippen LogP) is 1.21. The third-order valence-corrected chi connectivity index (χ3v) is 2.32. The molecule has 1 atom stereocenters. The normalized spacial score (nSPS) is 21.8. The van der Waals surface area contributed by atoms with Crippen molar-refractivity contribution in [1.82, 2.24) is 5.16 Å². The molecule has 2 heterocycles. The van der Waals surface area contributed by atoms with E-state index in [0.29, 0.717) is 18.1 Å². The van der Waals surface area contributed by atoms with E-state index in [1.807, 2.05) is 0 Å². The van der Waals surface area contributed by atoms with Gasteiger partial charge in [-0.25, -0.2) is 0 Å². The maximum absolute atomic E-state index is 8.77. The lowest BCUT2D eigenvalue weighted by molar-refractivity contribution is -0.169. The Balaban J connectivity index is 1.76. The van der Waals surface area contributed by atoms with Gasteiger partial charge in [-0.15, -0.1) is 0 Å². The van der Waals surface area contributed by atoms with Gasteiger partial charge in [0.15, 0.2) is 12.1 Å². The molecule has 0 amide bonds. The van der Waals surface area contributed by atoms with Gasteiger partial charge in [-0.2, -0.15) is 0 Å². The van der Waals surface area contributed by atoms with Crippen molar-refractivity contribution in [1.29, 1.82) is 0 Å². The zero-order chi connectivity index (χ0) is 10.5. The second kappa shape index (κ2) is 5.25. The Bertz CT molecular complexity index is 293. The van der Waals surface area contributed by atoms with E-state index < -0.39 is 0 Å². The molecular weight excluding hydrogens is 198 g/mol. The number of aromatic nitrogens is 1. The molecule has 0 aromatic carbocycles. The molecule has 1 aliphatic heterocycles. The summed E-state index contributed by atoms with van der Waals surface area (Å²) in [6.45, 7) is 1.01. The molecule has 0 radical (unpaired) electrons. The molecule has 1 saturated heterocycles. The fraction of sp³-hybridized carbons (Fsp3) is 0.700. The van der Waals surface area contributed by atoms with Crippen LogP contribution in [0.2, 0.25) is 0 Å². The highest BCUT2D eigenvalue weighted by molar-refractivity contribution is 5.02. The van der Waals surface area contributed by atoms with E-state index in [2.05, 4.69) is 5.16 Å². The van der Waals surface area contributed by atoms with Gasteiger partial charge in [0.1, 0.15) is 12.3 Å². The molecule has 1 fully saturated rings. The van der Waals surface area contributed by atoms with Crippen molar-refractivity contribution in [3.05, 3.63) is 17.5 Å². The number of ether oxygens (including phenoxy) is 2. The Morgan fingerprint density at radius 3 is 3.13 bits per heavy atom. The topological polar surface area (TPSA) is 64.7 Å². The van der Waals surface area contributed by atoms with Gasteiger partial charge in [0.25, 0.3) is 0 Å². The zero-order valence-electron chi connectivity index (χ0n) is 8.52. The number of aliphatic hydroxyl groups excluding tert-OH is 1. The summed E-state index contributed by atoms with van der Waals surface area (Å²) in [5, 5.41) is 12.5. The van der Waals surface area contributed by atoms with Crippen molar-refractivity contribution in [2.75, 3.05) is 6.61 Å². The highest BCUT2D eigenvalue weighted by Crippen LogP contribution is 2.15. The van der Waals surface area contributed by atoms with E-state index in [1.54, 1.807) is 6.07 Å². The molecule has 5 nitrogen and oxygen atoms in total. The van der Waals surface area contributed by atoms with Gasteiger partial charge < -0.3 is 19.1 Å². The van der Waals surface area contributed by atoms with Crippen LogP contribution >= 0.6 is 0 Å². The van der Waals surface area contributed by atoms with Gasteiger partial charge in [-0.05, 0) is 19.3 Å². The van der Waals surface area contributed by atoms with Crippen LogP contribution in [0.1, 0.15) is 30.7 Å². The molecule has 2 rings (SSSR count). The van der Waals surface area contributed by atoms with E-state index in [1.165, 1.54) is 0 Å². The van der Waals surface area contributed by atoms with Gasteiger partial charge in [0, 0.05) is 12.7 Å². The van der Waals surface area contributed by atoms with E-state index in [-0.39, 0.29) is 12.9 Å². The van der Waals surface area contributed by atoms with Gasteiger partial charge >= 0.3 is 0 Å². The minimum atomic E-state index is -0.132. The summed E-state index contributed by atoms with van der Waals surface area (Å²) in [4.78, 5) is 0. The summed E-state index contributed by atoms with van der Waals surface area (Å²) >= 11 is 0. The summed E-state index contributed by atoms with van der Waals surface area (Å²) in [7, 11) is 0. The Kier molecular flexibility index (Phi) is 3.71. The Morgan fingerprint density at radius 2 is 2.47 bits per heavy atom. The van der Waals surface area contributed by atoms with Crippen LogP contribution < -0.4 is 0 Å². The standard InChI is InChI=1S/C10H15NO4/c12-6-9-5-8(11-15-9)7-14-10-3-1-2-4-13-10/h5,10,12H,1-4,6-7H2. The summed E-state index contributed by atoms with van der Waals surface area (Å²) in [5.41, 5.74) is 0.688. The fourth-order valence-electron chi connectivity index (χ4n) is 1.52. The average molecular weight is 213 g/mol. The summed E-state index contributed by atoms with van der Waals surface area (Å²) in [5.74, 6) is 0.457. The molecule has 0 spiro atoms. The van der Waals surface area contributed by atoms with Crippen molar-refractivity contribution >= 4 is 0 Å². The Labute approximate surface area is 88.0 Å². The molecule has 5 heteroatoms. The van der Waals surface area contributed by atoms with Crippen LogP contribution in [-0.4, -0.2) is 23.2 Å². The van der Waals surface area contributed by atoms with Crippen LogP contribution in [0.5, 0.6) is 0 Å². The lowest BCUT2D eigenvalue weighted by atomic mass is 10.2. The number of hydrogen-bond acceptors (Lipinski definition) is 5. The predicted molar refractivity (Wildman–Crippen MR) is 50.8 cm³/mol. The first kappa shape index (κ1) is 10.6. The van der Waals surface area contributed by atoms with Gasteiger partial charge in [0.05, 0.1) is 6.61 Å². The summed E-state index contributed by atoms with van der Waals surface area (Å²) in [6, 6.07) is 1.68. The van der Waals surface area contributed by atoms with Crippen LogP contribution in [0.3, 0.4) is 0 Å². The molecule has 15 heavy (non-hydrogen) atoms. The molecule has 1 aromatic heterocycles. The van der Waals surface area contributed by atoms with Crippen molar-refractivity contribution in [2.45, 2.75) is 38.8 Å². The maximum Gasteiger partial charge on any atom is 0.162 e. The van der Waals surface area contributed by atoms with Crippen molar-refractivity contribution < 1.29 is 19.1 Å². The Hall–Kier alpha value is -0.910. The Morgan fingerprint density at radius 1 is 1.53 bits per heavy atom. The number of aliphatic hydroxyl groups is 1. The van der Waals surface area contributed by atoms with Crippen molar-refractivity contribution in [2.24, 2.45) is 0 Å². The number of rotatable bonds is 4. The van der Waals surface area contributed by atoms with E-state index in [4.69, 9.17) is 19.1 Å². The van der Waals surface area contributed by atoms with E-state index in [9.17, 15) is 0 Å². The molecule has 1 aromatic rings. The minimum absolute atomic E-state index is 0.118. The molecule has 1 unspecified atom stereocenters. The lowest BCUT2D eigenvalue weighted by Gasteiger charge is -2.21. The largest absolute Gasteiger partial charge is 0.388 e. The lowest BCUT2D eigenvalue weighted by Crippen LogP contribution is -2.22. The third kappa shape index (κ3) is 3.02. The van der Waals surface area contributed by atoms with Gasteiger partial charge in [-0.3, -0.25) is 0 Å². The summed E-state index contributed by atoms with van der Waals surface area (Å²) < 4.78 is 15.7. The highest BCUT2D eigenvalue weighted by Gasteiger charge is 2.14. The molecule has 0 saturated carbocycles. The van der Waals surface area contributed by atoms with Crippen molar-refractivity contribution in [3.8, 4) is 0 Å².